The summed E-state index contributed by atoms with van der Waals surface area (Å²) in [6.07, 6.45) is 6.59. The van der Waals surface area contributed by atoms with Crippen LogP contribution in [0.25, 0.3) is 0 Å². The van der Waals surface area contributed by atoms with Gasteiger partial charge < -0.3 is 10.0 Å². The Labute approximate surface area is 139 Å². The fourth-order valence-corrected chi connectivity index (χ4v) is 3.88. The molecule has 0 radical (unpaired) electrons. The molecular formula is C18H30N4O. The number of hydrogen-bond acceptors (Lipinski definition) is 5. The molecule has 1 aromatic rings. The topological polar surface area (TPSA) is 52.5 Å². The fraction of sp³-hybridized carbons (Fsp3) is 0.778. The summed E-state index contributed by atoms with van der Waals surface area (Å²) in [4.78, 5) is 14.0. The molecule has 3 rings (SSSR count). The Morgan fingerprint density at radius 3 is 2.35 bits per heavy atom. The largest absolute Gasteiger partial charge is 0.396 e. The van der Waals surface area contributed by atoms with Crippen molar-refractivity contribution in [3.05, 3.63) is 23.8 Å². The molecule has 0 aromatic carbocycles. The molecule has 2 fully saturated rings. The SMILES string of the molecule is CC(C)c1ncc(CN2C[C@@H](CN3CCCC3)[C@@H](CO)C2)cn1. The summed E-state index contributed by atoms with van der Waals surface area (Å²) in [6.45, 7) is 11.1. The van der Waals surface area contributed by atoms with Gasteiger partial charge in [0.25, 0.3) is 0 Å². The zero-order chi connectivity index (χ0) is 16.2. The second-order valence-corrected chi connectivity index (χ2v) is 7.51. The predicted octanol–water partition coefficient (Wildman–Crippen LogP) is 1.74. The lowest BCUT2D eigenvalue weighted by molar-refractivity contribution is 0.175. The minimum atomic E-state index is 0.303. The third-order valence-electron chi connectivity index (χ3n) is 5.23. The molecule has 23 heavy (non-hydrogen) atoms. The summed E-state index contributed by atoms with van der Waals surface area (Å²) in [5.74, 6) is 2.29. The van der Waals surface area contributed by atoms with Crippen LogP contribution in [0.1, 0.15) is 44.0 Å². The van der Waals surface area contributed by atoms with Gasteiger partial charge in [0, 0.05) is 56.7 Å². The van der Waals surface area contributed by atoms with E-state index in [4.69, 9.17) is 0 Å². The Morgan fingerprint density at radius 2 is 1.74 bits per heavy atom. The van der Waals surface area contributed by atoms with E-state index < -0.39 is 0 Å². The van der Waals surface area contributed by atoms with E-state index in [0.717, 1.165) is 32.0 Å². The van der Waals surface area contributed by atoms with Gasteiger partial charge >= 0.3 is 0 Å². The Hall–Kier alpha value is -1.04. The third kappa shape index (κ3) is 4.28. The smallest absolute Gasteiger partial charge is 0.130 e. The summed E-state index contributed by atoms with van der Waals surface area (Å²) in [6, 6.07) is 0. The third-order valence-corrected chi connectivity index (χ3v) is 5.23. The molecule has 0 bridgehead atoms. The molecule has 0 amide bonds. The normalized spacial score (nSPS) is 26.4. The van der Waals surface area contributed by atoms with Crippen molar-refractivity contribution in [3.8, 4) is 0 Å². The van der Waals surface area contributed by atoms with Crippen LogP contribution >= 0.6 is 0 Å². The van der Waals surface area contributed by atoms with Crippen LogP contribution in [0.3, 0.4) is 0 Å². The van der Waals surface area contributed by atoms with Crippen molar-refractivity contribution in [2.24, 2.45) is 11.8 Å². The van der Waals surface area contributed by atoms with Crippen molar-refractivity contribution in [1.82, 2.24) is 19.8 Å². The Morgan fingerprint density at radius 1 is 1.09 bits per heavy atom. The number of hydrogen-bond donors (Lipinski definition) is 1. The zero-order valence-corrected chi connectivity index (χ0v) is 14.5. The van der Waals surface area contributed by atoms with Crippen LogP contribution in [0.15, 0.2) is 12.4 Å². The maximum absolute atomic E-state index is 9.72. The van der Waals surface area contributed by atoms with Crippen LogP contribution < -0.4 is 0 Å². The number of aliphatic hydroxyl groups excluding tert-OH is 1. The zero-order valence-electron chi connectivity index (χ0n) is 14.5. The van der Waals surface area contributed by atoms with E-state index in [0.29, 0.717) is 24.4 Å². The summed E-state index contributed by atoms with van der Waals surface area (Å²) >= 11 is 0. The molecule has 0 saturated carbocycles. The molecule has 5 nitrogen and oxygen atoms in total. The average Bonchev–Trinajstić information content (AvgIpc) is 3.18. The van der Waals surface area contributed by atoms with Gasteiger partial charge in [-0.1, -0.05) is 13.8 Å². The molecule has 5 heteroatoms. The van der Waals surface area contributed by atoms with Crippen molar-refractivity contribution in [3.63, 3.8) is 0 Å². The maximum atomic E-state index is 9.72. The number of likely N-dealkylation sites (tertiary alicyclic amines) is 2. The van der Waals surface area contributed by atoms with Crippen LogP contribution in [-0.2, 0) is 6.54 Å². The molecule has 2 aliphatic rings. The van der Waals surface area contributed by atoms with Gasteiger partial charge in [-0.3, -0.25) is 4.90 Å². The van der Waals surface area contributed by atoms with Crippen molar-refractivity contribution < 1.29 is 5.11 Å². The molecule has 2 saturated heterocycles. The van der Waals surface area contributed by atoms with Crippen molar-refractivity contribution >= 4 is 0 Å². The minimum absolute atomic E-state index is 0.303. The molecule has 128 valence electrons. The van der Waals surface area contributed by atoms with Crippen LogP contribution in [0, 0.1) is 11.8 Å². The Balaban J connectivity index is 1.56. The van der Waals surface area contributed by atoms with E-state index in [2.05, 4.69) is 33.6 Å². The van der Waals surface area contributed by atoms with E-state index in [1.54, 1.807) is 0 Å². The second kappa shape index (κ2) is 7.69. The van der Waals surface area contributed by atoms with Crippen molar-refractivity contribution in [2.45, 2.75) is 39.2 Å². The highest BCUT2D eigenvalue weighted by molar-refractivity contribution is 5.07. The predicted molar refractivity (Wildman–Crippen MR) is 91.1 cm³/mol. The first-order valence-electron chi connectivity index (χ1n) is 9.02. The standard InChI is InChI=1S/C18H30N4O/c1-14(2)18-19-7-15(8-20-18)9-22-11-16(17(12-22)13-23)10-21-5-3-4-6-21/h7-8,14,16-17,23H,3-6,9-13H2,1-2H3/t16-,17-/m1/s1. The number of nitrogens with zero attached hydrogens (tertiary/aromatic N) is 4. The highest BCUT2D eigenvalue weighted by Gasteiger charge is 2.33. The number of aromatic nitrogens is 2. The molecule has 0 aliphatic carbocycles. The summed E-state index contributed by atoms with van der Waals surface area (Å²) in [7, 11) is 0. The lowest BCUT2D eigenvalue weighted by Crippen LogP contribution is -2.31. The van der Waals surface area contributed by atoms with E-state index in [1.165, 1.54) is 31.5 Å². The van der Waals surface area contributed by atoms with Gasteiger partial charge in [0.05, 0.1) is 0 Å². The van der Waals surface area contributed by atoms with Crippen LogP contribution in [0.5, 0.6) is 0 Å². The molecule has 0 unspecified atom stereocenters. The summed E-state index contributed by atoms with van der Waals surface area (Å²) < 4.78 is 0. The van der Waals surface area contributed by atoms with Crippen molar-refractivity contribution in [1.29, 1.82) is 0 Å². The monoisotopic (exact) mass is 318 g/mol. The molecule has 0 spiro atoms. The van der Waals surface area contributed by atoms with Crippen LogP contribution in [0.2, 0.25) is 0 Å². The Bertz CT molecular complexity index is 484. The van der Waals surface area contributed by atoms with Gasteiger partial charge in [-0.15, -0.1) is 0 Å². The average molecular weight is 318 g/mol. The first-order chi connectivity index (χ1) is 11.2. The quantitative estimate of drug-likeness (QED) is 0.866. The lowest BCUT2D eigenvalue weighted by Gasteiger charge is -2.23. The van der Waals surface area contributed by atoms with Crippen molar-refractivity contribution in [2.75, 3.05) is 39.3 Å². The first-order valence-corrected chi connectivity index (χ1v) is 9.02. The summed E-state index contributed by atoms with van der Waals surface area (Å²) in [5.41, 5.74) is 1.17. The van der Waals surface area contributed by atoms with E-state index >= 15 is 0 Å². The fourth-order valence-electron chi connectivity index (χ4n) is 3.88. The molecule has 3 heterocycles. The van der Waals surface area contributed by atoms with Gasteiger partial charge in [-0.2, -0.15) is 0 Å². The molecular weight excluding hydrogens is 288 g/mol. The highest BCUT2D eigenvalue weighted by atomic mass is 16.3. The second-order valence-electron chi connectivity index (χ2n) is 7.51. The number of rotatable bonds is 6. The van der Waals surface area contributed by atoms with Gasteiger partial charge in [-0.05, 0) is 37.8 Å². The summed E-state index contributed by atoms with van der Waals surface area (Å²) in [5, 5.41) is 9.72. The van der Waals surface area contributed by atoms with Gasteiger partial charge in [0.2, 0.25) is 0 Å². The van der Waals surface area contributed by atoms with Gasteiger partial charge in [-0.25, -0.2) is 9.97 Å². The van der Waals surface area contributed by atoms with E-state index in [9.17, 15) is 5.11 Å². The molecule has 2 atom stereocenters. The Kier molecular flexibility index (Phi) is 5.62. The van der Waals surface area contributed by atoms with Gasteiger partial charge in [0.1, 0.15) is 5.82 Å². The van der Waals surface area contributed by atoms with E-state index in [1.807, 2.05) is 12.4 Å². The minimum Gasteiger partial charge on any atom is -0.396 e. The number of aliphatic hydroxyl groups is 1. The molecule has 1 aromatic heterocycles. The first kappa shape index (κ1) is 16.8. The lowest BCUT2D eigenvalue weighted by atomic mass is 9.96. The van der Waals surface area contributed by atoms with Crippen LogP contribution in [0.4, 0.5) is 0 Å². The molecule has 1 N–H and O–H groups in total. The maximum Gasteiger partial charge on any atom is 0.130 e. The molecule has 2 aliphatic heterocycles. The van der Waals surface area contributed by atoms with Crippen LogP contribution in [-0.4, -0.2) is 64.2 Å². The van der Waals surface area contributed by atoms with Gasteiger partial charge in [0.15, 0.2) is 0 Å². The highest BCUT2D eigenvalue weighted by Crippen LogP contribution is 2.26. The van der Waals surface area contributed by atoms with E-state index in [-0.39, 0.29) is 0 Å².